The van der Waals surface area contributed by atoms with Gasteiger partial charge in [0.05, 0.1) is 5.75 Å². The van der Waals surface area contributed by atoms with Gasteiger partial charge in [0.1, 0.15) is 0 Å². The van der Waals surface area contributed by atoms with Gasteiger partial charge in [-0.15, -0.1) is 11.8 Å². The van der Waals surface area contributed by atoms with Gasteiger partial charge in [-0.3, -0.25) is 4.79 Å². The number of nitrogens with one attached hydrogen (secondary N) is 1. The predicted octanol–water partition coefficient (Wildman–Crippen LogP) is 5.17. The molecule has 0 spiro atoms. The van der Waals surface area contributed by atoms with Crippen LogP contribution in [0.5, 0.6) is 0 Å². The number of hydrogen-bond donors (Lipinski definition) is 1. The van der Waals surface area contributed by atoms with Crippen LogP contribution < -0.4 is 10.2 Å². The molecule has 4 nitrogen and oxygen atoms in total. The van der Waals surface area contributed by atoms with Gasteiger partial charge in [-0.1, -0.05) is 39.8 Å². The zero-order valence-corrected chi connectivity index (χ0v) is 19.8. The van der Waals surface area contributed by atoms with Gasteiger partial charge in [-0.05, 0) is 60.3 Å². The van der Waals surface area contributed by atoms with Crippen LogP contribution >= 0.6 is 11.8 Å². The Morgan fingerprint density at radius 1 is 1.03 bits per heavy atom. The Bertz CT molecular complexity index is 850. The molecule has 0 aliphatic carbocycles. The lowest BCUT2D eigenvalue weighted by Crippen LogP contribution is -2.46. The van der Waals surface area contributed by atoms with E-state index in [9.17, 15) is 4.79 Å². The van der Waals surface area contributed by atoms with Crippen molar-refractivity contribution in [1.29, 1.82) is 0 Å². The highest BCUT2D eigenvalue weighted by molar-refractivity contribution is 8.00. The van der Waals surface area contributed by atoms with Gasteiger partial charge in [0.25, 0.3) is 0 Å². The quantitative estimate of drug-likeness (QED) is 0.648. The maximum Gasteiger partial charge on any atom is 0.234 e. The van der Waals surface area contributed by atoms with Crippen LogP contribution in [-0.2, 0) is 10.2 Å². The SMILES string of the molecule is CCN1CCN(c2ccc(NC(=O)CSc3ccc(C(C)(C)C)cc3)c(C)c2)CC1. The van der Waals surface area contributed by atoms with E-state index in [0.29, 0.717) is 5.75 Å². The standard InChI is InChI=1S/C25H35N3OS/c1-6-27-13-15-28(16-14-27)21-9-12-23(19(2)17-21)26-24(29)18-30-22-10-7-20(8-11-22)25(3,4)5/h7-12,17H,6,13-16,18H2,1-5H3,(H,26,29). The lowest BCUT2D eigenvalue weighted by molar-refractivity contribution is -0.113. The molecule has 3 rings (SSSR count). The van der Waals surface area contributed by atoms with E-state index in [1.807, 2.05) is 6.07 Å². The number of rotatable bonds is 6. The first-order valence-corrected chi connectivity index (χ1v) is 11.9. The minimum absolute atomic E-state index is 0.0345. The molecule has 0 atom stereocenters. The normalized spacial score (nSPS) is 15.3. The van der Waals surface area contributed by atoms with E-state index in [2.05, 4.69) is 86.1 Å². The summed E-state index contributed by atoms with van der Waals surface area (Å²) in [6, 6.07) is 14.9. The number of amides is 1. The van der Waals surface area contributed by atoms with Crippen LogP contribution in [0.3, 0.4) is 0 Å². The summed E-state index contributed by atoms with van der Waals surface area (Å²) in [6.07, 6.45) is 0. The Balaban J connectivity index is 1.53. The summed E-state index contributed by atoms with van der Waals surface area (Å²) in [7, 11) is 0. The number of anilines is 2. The predicted molar refractivity (Wildman–Crippen MR) is 130 cm³/mol. The first kappa shape index (κ1) is 22.7. The second-order valence-electron chi connectivity index (χ2n) is 9.03. The smallest absolute Gasteiger partial charge is 0.234 e. The summed E-state index contributed by atoms with van der Waals surface area (Å²) in [6.45, 7) is 16.4. The van der Waals surface area contributed by atoms with Gasteiger partial charge in [-0.25, -0.2) is 0 Å². The van der Waals surface area contributed by atoms with E-state index in [-0.39, 0.29) is 11.3 Å². The highest BCUT2D eigenvalue weighted by Gasteiger charge is 2.17. The third-order valence-electron chi connectivity index (χ3n) is 5.76. The number of aryl methyl sites for hydroxylation is 1. The van der Waals surface area contributed by atoms with E-state index >= 15 is 0 Å². The molecule has 1 aliphatic heterocycles. The maximum atomic E-state index is 12.5. The molecule has 2 aromatic rings. The number of likely N-dealkylation sites (N-methyl/N-ethyl adjacent to an activating group) is 1. The summed E-state index contributed by atoms with van der Waals surface area (Å²) < 4.78 is 0. The topological polar surface area (TPSA) is 35.6 Å². The van der Waals surface area contributed by atoms with Gasteiger partial charge >= 0.3 is 0 Å². The Hall–Kier alpha value is -1.98. The molecule has 30 heavy (non-hydrogen) atoms. The average molecular weight is 426 g/mol. The van der Waals surface area contributed by atoms with Crippen molar-refractivity contribution >= 4 is 29.0 Å². The van der Waals surface area contributed by atoms with Crippen LogP contribution in [-0.4, -0.2) is 49.3 Å². The fraction of sp³-hybridized carbons (Fsp3) is 0.480. The van der Waals surface area contributed by atoms with Gasteiger partial charge in [0.15, 0.2) is 0 Å². The molecular formula is C25H35N3OS. The third-order valence-corrected chi connectivity index (χ3v) is 6.77. The number of hydrogen-bond acceptors (Lipinski definition) is 4. The van der Waals surface area contributed by atoms with Gasteiger partial charge in [0, 0.05) is 42.4 Å². The van der Waals surface area contributed by atoms with Crippen LogP contribution in [0.2, 0.25) is 0 Å². The van der Waals surface area contributed by atoms with Crippen molar-refractivity contribution in [1.82, 2.24) is 4.90 Å². The van der Waals surface area contributed by atoms with E-state index in [1.165, 1.54) is 11.3 Å². The summed E-state index contributed by atoms with van der Waals surface area (Å²) in [5.41, 5.74) is 4.71. The van der Waals surface area contributed by atoms with Gasteiger partial charge < -0.3 is 15.1 Å². The summed E-state index contributed by atoms with van der Waals surface area (Å²) >= 11 is 1.58. The zero-order valence-electron chi connectivity index (χ0n) is 19.0. The maximum absolute atomic E-state index is 12.5. The molecule has 0 radical (unpaired) electrons. The number of benzene rings is 2. The van der Waals surface area contributed by atoms with Crippen LogP contribution in [0.15, 0.2) is 47.4 Å². The van der Waals surface area contributed by atoms with Crippen molar-refractivity contribution in [2.45, 2.75) is 44.9 Å². The minimum atomic E-state index is 0.0345. The fourth-order valence-corrected chi connectivity index (χ4v) is 4.39. The van der Waals surface area contributed by atoms with Gasteiger partial charge in [-0.2, -0.15) is 0 Å². The van der Waals surface area contributed by atoms with Crippen molar-refractivity contribution in [2.75, 3.05) is 48.7 Å². The second kappa shape index (κ2) is 9.88. The number of thioether (sulfide) groups is 1. The number of carbonyl (C=O) groups excluding carboxylic acids is 1. The lowest BCUT2D eigenvalue weighted by atomic mass is 9.87. The van der Waals surface area contributed by atoms with E-state index < -0.39 is 0 Å². The molecule has 2 aromatic carbocycles. The zero-order chi connectivity index (χ0) is 21.7. The molecule has 0 unspecified atom stereocenters. The number of nitrogens with zero attached hydrogens (tertiary/aromatic N) is 2. The Morgan fingerprint density at radius 2 is 1.70 bits per heavy atom. The van der Waals surface area contributed by atoms with Crippen molar-refractivity contribution in [3.05, 3.63) is 53.6 Å². The molecule has 0 aromatic heterocycles. The van der Waals surface area contributed by atoms with Crippen LogP contribution in [0, 0.1) is 6.92 Å². The van der Waals surface area contributed by atoms with Crippen molar-refractivity contribution < 1.29 is 4.79 Å². The van der Waals surface area contributed by atoms with E-state index in [0.717, 1.165) is 48.9 Å². The van der Waals surface area contributed by atoms with E-state index in [1.54, 1.807) is 11.8 Å². The molecule has 0 saturated carbocycles. The lowest BCUT2D eigenvalue weighted by Gasteiger charge is -2.35. The molecule has 5 heteroatoms. The summed E-state index contributed by atoms with van der Waals surface area (Å²) in [5, 5.41) is 3.08. The van der Waals surface area contributed by atoms with Crippen molar-refractivity contribution in [3.8, 4) is 0 Å². The first-order chi connectivity index (χ1) is 14.3. The molecular weight excluding hydrogens is 390 g/mol. The molecule has 1 heterocycles. The van der Waals surface area contributed by atoms with Crippen LogP contribution in [0.4, 0.5) is 11.4 Å². The van der Waals surface area contributed by atoms with Crippen LogP contribution in [0.25, 0.3) is 0 Å². The molecule has 0 bridgehead atoms. The van der Waals surface area contributed by atoms with E-state index in [4.69, 9.17) is 0 Å². The number of carbonyl (C=O) groups is 1. The Kier molecular flexibility index (Phi) is 7.48. The fourth-order valence-electron chi connectivity index (χ4n) is 3.69. The van der Waals surface area contributed by atoms with Crippen LogP contribution in [0.1, 0.15) is 38.8 Å². The summed E-state index contributed by atoms with van der Waals surface area (Å²) in [5.74, 6) is 0.446. The summed E-state index contributed by atoms with van der Waals surface area (Å²) in [4.78, 5) is 18.5. The largest absolute Gasteiger partial charge is 0.369 e. The highest BCUT2D eigenvalue weighted by Crippen LogP contribution is 2.27. The minimum Gasteiger partial charge on any atom is -0.369 e. The Labute approximate surface area is 186 Å². The van der Waals surface area contributed by atoms with Gasteiger partial charge in [0.2, 0.25) is 5.91 Å². The average Bonchev–Trinajstić information content (AvgIpc) is 2.73. The highest BCUT2D eigenvalue weighted by atomic mass is 32.2. The molecule has 1 N–H and O–H groups in total. The third kappa shape index (κ3) is 6.02. The molecule has 1 amide bonds. The molecule has 162 valence electrons. The monoisotopic (exact) mass is 425 g/mol. The Morgan fingerprint density at radius 3 is 2.27 bits per heavy atom. The molecule has 1 fully saturated rings. The molecule has 1 aliphatic rings. The first-order valence-electron chi connectivity index (χ1n) is 10.9. The molecule has 1 saturated heterocycles. The van der Waals surface area contributed by atoms with Crippen molar-refractivity contribution in [3.63, 3.8) is 0 Å². The number of piperazine rings is 1. The van der Waals surface area contributed by atoms with Crippen molar-refractivity contribution in [2.24, 2.45) is 0 Å². The second-order valence-corrected chi connectivity index (χ2v) is 10.1.